The van der Waals surface area contributed by atoms with Gasteiger partial charge < -0.3 is 10.3 Å². The van der Waals surface area contributed by atoms with Crippen molar-refractivity contribution in [2.24, 2.45) is 0 Å². The molecule has 2 aromatic heterocycles. The van der Waals surface area contributed by atoms with Crippen LogP contribution in [0.15, 0.2) is 24.4 Å². The third-order valence-electron chi connectivity index (χ3n) is 5.59. The van der Waals surface area contributed by atoms with E-state index in [1.165, 1.54) is 19.2 Å². The van der Waals surface area contributed by atoms with Gasteiger partial charge in [-0.2, -0.15) is 13.2 Å². The van der Waals surface area contributed by atoms with E-state index >= 15 is 8.78 Å². The summed E-state index contributed by atoms with van der Waals surface area (Å²) < 4.78 is 89.6. The molecule has 3 heterocycles. The molecule has 0 spiro atoms. The van der Waals surface area contributed by atoms with Crippen molar-refractivity contribution in [3.05, 3.63) is 59.1 Å². The summed E-state index contributed by atoms with van der Waals surface area (Å²) in [6.45, 7) is 4.53. The molecule has 0 saturated heterocycles. The Morgan fingerprint density at radius 3 is 2.44 bits per heavy atom. The van der Waals surface area contributed by atoms with Gasteiger partial charge in [-0.05, 0) is 44.5 Å². The molecule has 4 aromatic rings. The van der Waals surface area contributed by atoms with E-state index in [0.717, 1.165) is 16.7 Å². The molecule has 0 amide bonds. The summed E-state index contributed by atoms with van der Waals surface area (Å²) in [4.78, 5) is 2.68. The molecule has 0 atom stereocenters. The maximum atomic E-state index is 15.4. The molecular formula is C21H15F6N5. The molecule has 5 nitrogen and oxygen atoms in total. The van der Waals surface area contributed by atoms with Crippen LogP contribution in [0.3, 0.4) is 0 Å². The molecule has 2 N–H and O–H groups in total. The Balaban J connectivity index is 2.01. The second-order valence-corrected chi connectivity index (χ2v) is 8.15. The molecule has 0 saturated carbocycles. The summed E-state index contributed by atoms with van der Waals surface area (Å²) in [7, 11) is 0. The lowest BCUT2D eigenvalue weighted by atomic mass is 9.90. The molecule has 166 valence electrons. The van der Waals surface area contributed by atoms with Gasteiger partial charge in [0, 0.05) is 22.7 Å². The van der Waals surface area contributed by atoms with Gasteiger partial charge in [0.05, 0.1) is 22.5 Å². The Hall–Kier alpha value is -3.50. The molecule has 1 aliphatic rings. The number of fused-ring (bicyclic) bond motifs is 4. The first kappa shape index (κ1) is 20.4. The van der Waals surface area contributed by atoms with E-state index in [1.54, 1.807) is 13.8 Å². The summed E-state index contributed by atoms with van der Waals surface area (Å²) in [5, 5.41) is 10.5. The van der Waals surface area contributed by atoms with E-state index in [1.807, 2.05) is 0 Å². The van der Waals surface area contributed by atoms with Crippen molar-refractivity contribution in [2.75, 3.05) is 5.32 Å². The smallest absolute Gasteiger partial charge is 0.369 e. The average Bonchev–Trinajstić information content (AvgIpc) is 3.30. The fourth-order valence-corrected chi connectivity index (χ4v) is 4.28. The standard InChI is InChI=1S/C21H15F6N5/c1-8-30-31-19-20(2,3)29-17-16(24)15(23)13(14(21(25,26)27)18(17)32(8)19)11-6-9(22)7-12-10(11)4-5-28-12/h4-7,28-29H,1-3H3. The first-order valence-electron chi connectivity index (χ1n) is 9.52. The molecule has 5 rings (SSSR count). The van der Waals surface area contributed by atoms with Crippen molar-refractivity contribution in [1.82, 2.24) is 19.7 Å². The maximum Gasteiger partial charge on any atom is 0.419 e. The van der Waals surface area contributed by atoms with Gasteiger partial charge >= 0.3 is 6.18 Å². The van der Waals surface area contributed by atoms with Crippen molar-refractivity contribution in [2.45, 2.75) is 32.5 Å². The van der Waals surface area contributed by atoms with E-state index in [4.69, 9.17) is 0 Å². The summed E-state index contributed by atoms with van der Waals surface area (Å²) in [5.41, 5.74) is -5.29. The number of hydrogen-bond acceptors (Lipinski definition) is 3. The van der Waals surface area contributed by atoms with Gasteiger partial charge in [0.25, 0.3) is 0 Å². The number of nitrogens with zero attached hydrogens (tertiary/aromatic N) is 3. The highest BCUT2D eigenvalue weighted by molar-refractivity contribution is 5.98. The second kappa shape index (κ2) is 6.27. The first-order valence-corrected chi connectivity index (χ1v) is 9.52. The molecule has 2 aromatic carbocycles. The molecular weight excluding hydrogens is 436 g/mol. The zero-order chi connectivity index (χ0) is 23.2. The third kappa shape index (κ3) is 2.66. The van der Waals surface area contributed by atoms with Gasteiger partial charge in [-0.3, -0.25) is 4.57 Å². The number of halogens is 6. The number of aromatic amines is 1. The van der Waals surface area contributed by atoms with Crippen LogP contribution in [0.5, 0.6) is 0 Å². The Bertz CT molecular complexity index is 1410. The highest BCUT2D eigenvalue weighted by Crippen LogP contribution is 2.51. The highest BCUT2D eigenvalue weighted by Gasteiger charge is 2.47. The second-order valence-electron chi connectivity index (χ2n) is 8.15. The number of hydrogen-bond donors (Lipinski definition) is 2. The van der Waals surface area contributed by atoms with Crippen LogP contribution in [0.25, 0.3) is 27.7 Å². The maximum absolute atomic E-state index is 15.4. The van der Waals surface area contributed by atoms with E-state index in [0.29, 0.717) is 0 Å². The zero-order valence-electron chi connectivity index (χ0n) is 16.9. The number of benzene rings is 2. The zero-order valence-corrected chi connectivity index (χ0v) is 16.9. The lowest BCUT2D eigenvalue weighted by molar-refractivity contribution is -0.137. The molecule has 0 radical (unpaired) electrons. The SMILES string of the molecule is Cc1nnc2n1-c1c(c(F)c(F)c(-c3cc(F)cc4[nH]ccc34)c1C(F)(F)F)NC2(C)C. The van der Waals surface area contributed by atoms with Crippen LogP contribution in [-0.4, -0.2) is 19.7 Å². The van der Waals surface area contributed by atoms with Crippen LogP contribution in [0.4, 0.5) is 32.0 Å². The van der Waals surface area contributed by atoms with Crippen LogP contribution in [0.1, 0.15) is 31.1 Å². The van der Waals surface area contributed by atoms with Gasteiger partial charge in [-0.1, -0.05) is 0 Å². The fourth-order valence-electron chi connectivity index (χ4n) is 4.28. The summed E-state index contributed by atoms with van der Waals surface area (Å²) >= 11 is 0. The fraction of sp³-hybridized carbons (Fsp3) is 0.238. The van der Waals surface area contributed by atoms with Gasteiger partial charge in [-0.15, -0.1) is 10.2 Å². The van der Waals surface area contributed by atoms with E-state index in [9.17, 15) is 17.6 Å². The molecule has 0 unspecified atom stereocenters. The molecule has 0 fully saturated rings. The summed E-state index contributed by atoms with van der Waals surface area (Å²) in [6.07, 6.45) is -3.75. The lowest BCUT2D eigenvalue weighted by Crippen LogP contribution is -2.38. The van der Waals surface area contributed by atoms with Gasteiger partial charge in [0.2, 0.25) is 0 Å². The monoisotopic (exact) mass is 451 g/mol. The van der Waals surface area contributed by atoms with Crippen LogP contribution in [0, 0.1) is 24.4 Å². The van der Waals surface area contributed by atoms with Crippen LogP contribution in [-0.2, 0) is 11.7 Å². The minimum absolute atomic E-state index is 0.0596. The topological polar surface area (TPSA) is 58.5 Å². The predicted octanol–water partition coefficient (Wildman–Crippen LogP) is 5.82. The number of aryl methyl sites for hydroxylation is 1. The Morgan fingerprint density at radius 1 is 1.03 bits per heavy atom. The number of nitrogens with one attached hydrogen (secondary N) is 2. The van der Waals surface area contributed by atoms with E-state index in [-0.39, 0.29) is 22.6 Å². The first-order chi connectivity index (χ1) is 14.9. The molecule has 1 aliphatic heterocycles. The van der Waals surface area contributed by atoms with Crippen molar-refractivity contribution in [3.8, 4) is 16.8 Å². The Labute approximate surface area is 177 Å². The summed E-state index contributed by atoms with van der Waals surface area (Å²) in [5.74, 6) is -3.99. The van der Waals surface area contributed by atoms with Crippen molar-refractivity contribution < 1.29 is 26.3 Å². The lowest BCUT2D eigenvalue weighted by Gasteiger charge is -2.36. The van der Waals surface area contributed by atoms with E-state index in [2.05, 4.69) is 20.5 Å². The highest BCUT2D eigenvalue weighted by atomic mass is 19.4. The van der Waals surface area contributed by atoms with Crippen molar-refractivity contribution >= 4 is 16.6 Å². The normalized spacial score (nSPS) is 14.9. The predicted molar refractivity (Wildman–Crippen MR) is 105 cm³/mol. The number of aromatic nitrogens is 4. The average molecular weight is 451 g/mol. The van der Waals surface area contributed by atoms with Crippen LogP contribution >= 0.6 is 0 Å². The van der Waals surface area contributed by atoms with Gasteiger partial charge in [0.15, 0.2) is 17.5 Å². The van der Waals surface area contributed by atoms with Crippen LogP contribution < -0.4 is 5.32 Å². The van der Waals surface area contributed by atoms with Gasteiger partial charge in [0.1, 0.15) is 11.6 Å². The van der Waals surface area contributed by atoms with Gasteiger partial charge in [-0.25, -0.2) is 13.2 Å². The number of anilines is 1. The quantitative estimate of drug-likeness (QED) is 0.359. The number of alkyl halides is 3. The molecule has 11 heteroatoms. The minimum Gasteiger partial charge on any atom is -0.369 e. The number of H-pyrrole nitrogens is 1. The summed E-state index contributed by atoms with van der Waals surface area (Å²) in [6, 6.07) is 3.19. The van der Waals surface area contributed by atoms with Crippen molar-refractivity contribution in [3.63, 3.8) is 0 Å². The Kier molecular flexibility index (Phi) is 4.00. The van der Waals surface area contributed by atoms with Crippen molar-refractivity contribution in [1.29, 1.82) is 0 Å². The Morgan fingerprint density at radius 2 is 1.75 bits per heavy atom. The third-order valence-corrected chi connectivity index (χ3v) is 5.59. The molecule has 0 aliphatic carbocycles. The van der Waals surface area contributed by atoms with E-state index < -0.39 is 57.2 Å². The molecule has 32 heavy (non-hydrogen) atoms. The largest absolute Gasteiger partial charge is 0.419 e. The van der Waals surface area contributed by atoms with Crippen LogP contribution in [0.2, 0.25) is 0 Å². The minimum atomic E-state index is -5.12. The molecule has 0 bridgehead atoms. The number of rotatable bonds is 1.